The van der Waals surface area contributed by atoms with Crippen LogP contribution < -0.4 is 5.73 Å². The zero-order valence-electron chi connectivity index (χ0n) is 11.8. The molecular formula is C15H19N3O2. The fourth-order valence-electron chi connectivity index (χ4n) is 3.05. The van der Waals surface area contributed by atoms with Crippen LogP contribution in [0.15, 0.2) is 18.5 Å². The van der Waals surface area contributed by atoms with Gasteiger partial charge in [0.1, 0.15) is 5.54 Å². The molecule has 1 saturated carbocycles. The predicted molar refractivity (Wildman–Crippen MR) is 76.6 cm³/mol. The van der Waals surface area contributed by atoms with Gasteiger partial charge in [0.2, 0.25) is 0 Å². The van der Waals surface area contributed by atoms with Gasteiger partial charge in [-0.15, -0.1) is 0 Å². The number of nitrogens with two attached hydrogens (primary N) is 1. The minimum atomic E-state index is -1.10. The quantitative estimate of drug-likeness (QED) is 0.878. The Morgan fingerprint density at radius 3 is 2.80 bits per heavy atom. The summed E-state index contributed by atoms with van der Waals surface area (Å²) in [5.41, 5.74) is 9.32. The van der Waals surface area contributed by atoms with Crippen molar-refractivity contribution in [3.05, 3.63) is 29.6 Å². The summed E-state index contributed by atoms with van der Waals surface area (Å²) in [6.07, 6.45) is 3.56. The number of aliphatic carboxylic acids is 1. The third-order valence-electron chi connectivity index (χ3n) is 4.53. The summed E-state index contributed by atoms with van der Waals surface area (Å²) >= 11 is 0. The largest absolute Gasteiger partial charge is 0.480 e. The van der Waals surface area contributed by atoms with E-state index in [2.05, 4.69) is 35.5 Å². The van der Waals surface area contributed by atoms with Gasteiger partial charge in [0.25, 0.3) is 0 Å². The Kier molecular flexibility index (Phi) is 2.83. The predicted octanol–water partition coefficient (Wildman–Crippen LogP) is 2.16. The lowest BCUT2D eigenvalue weighted by Crippen LogP contribution is -2.45. The molecule has 1 aliphatic carbocycles. The molecule has 2 unspecified atom stereocenters. The van der Waals surface area contributed by atoms with Gasteiger partial charge >= 0.3 is 5.97 Å². The van der Waals surface area contributed by atoms with Crippen LogP contribution >= 0.6 is 0 Å². The van der Waals surface area contributed by atoms with E-state index in [1.54, 1.807) is 0 Å². The lowest BCUT2D eigenvalue weighted by molar-refractivity contribution is -0.143. The van der Waals surface area contributed by atoms with Crippen molar-refractivity contribution in [2.75, 3.05) is 0 Å². The lowest BCUT2D eigenvalue weighted by atomic mass is 9.99. The first-order chi connectivity index (χ1) is 9.40. The van der Waals surface area contributed by atoms with Crippen LogP contribution in [0.5, 0.6) is 0 Å². The van der Waals surface area contributed by atoms with Crippen molar-refractivity contribution in [3.8, 4) is 0 Å². The van der Waals surface area contributed by atoms with Crippen LogP contribution in [0.4, 0.5) is 0 Å². The average molecular weight is 273 g/mol. The molecule has 0 amide bonds. The van der Waals surface area contributed by atoms with Gasteiger partial charge in [0, 0.05) is 6.04 Å². The molecule has 106 valence electrons. The number of hydrogen-bond donors (Lipinski definition) is 2. The number of fused-ring (bicyclic) bond motifs is 1. The fourth-order valence-corrected chi connectivity index (χ4v) is 3.05. The Morgan fingerprint density at radius 1 is 1.45 bits per heavy atom. The summed E-state index contributed by atoms with van der Waals surface area (Å²) in [5, 5.41) is 9.23. The van der Waals surface area contributed by atoms with E-state index in [4.69, 9.17) is 5.73 Å². The Labute approximate surface area is 117 Å². The molecule has 0 aliphatic heterocycles. The first kappa shape index (κ1) is 13.1. The summed E-state index contributed by atoms with van der Waals surface area (Å²) in [4.78, 5) is 15.7. The summed E-state index contributed by atoms with van der Waals surface area (Å²) in [6, 6.07) is 4.31. The molecule has 1 heterocycles. The van der Waals surface area contributed by atoms with Crippen LogP contribution in [0, 0.1) is 13.8 Å². The highest BCUT2D eigenvalue weighted by atomic mass is 16.4. The number of imidazole rings is 1. The lowest BCUT2D eigenvalue weighted by Gasteiger charge is -2.19. The molecule has 0 radical (unpaired) electrons. The highest BCUT2D eigenvalue weighted by Gasteiger charge is 2.43. The second-order valence-electron chi connectivity index (χ2n) is 5.93. The van der Waals surface area contributed by atoms with Crippen LogP contribution in [0.2, 0.25) is 0 Å². The van der Waals surface area contributed by atoms with Crippen molar-refractivity contribution < 1.29 is 9.90 Å². The maximum atomic E-state index is 11.3. The number of carboxylic acids is 1. The number of carboxylic acid groups (broad SMARTS) is 1. The minimum absolute atomic E-state index is 0.114. The standard InChI is InChI=1S/C15H19N3O2/c1-9-5-12-13(6-10(9)2)18(8-17-12)11-3-4-15(16,7-11)14(19)20/h5-6,8,11H,3-4,7,16H2,1-2H3,(H,19,20). The smallest absolute Gasteiger partial charge is 0.323 e. The van der Waals surface area contributed by atoms with Crippen molar-refractivity contribution in [2.45, 2.75) is 44.7 Å². The normalized spacial score (nSPS) is 26.2. The van der Waals surface area contributed by atoms with Crippen LogP contribution in [-0.4, -0.2) is 26.2 Å². The fraction of sp³-hybridized carbons (Fsp3) is 0.467. The first-order valence-corrected chi connectivity index (χ1v) is 6.87. The molecule has 1 aromatic carbocycles. The summed E-state index contributed by atoms with van der Waals surface area (Å²) in [6.45, 7) is 4.14. The molecule has 0 spiro atoms. The van der Waals surface area contributed by atoms with E-state index in [0.29, 0.717) is 12.8 Å². The minimum Gasteiger partial charge on any atom is -0.480 e. The van der Waals surface area contributed by atoms with E-state index < -0.39 is 11.5 Å². The number of benzene rings is 1. The van der Waals surface area contributed by atoms with E-state index in [1.807, 2.05) is 6.33 Å². The second-order valence-corrected chi connectivity index (χ2v) is 5.93. The molecule has 0 bridgehead atoms. The van der Waals surface area contributed by atoms with E-state index in [9.17, 15) is 9.90 Å². The zero-order chi connectivity index (χ0) is 14.5. The third kappa shape index (κ3) is 1.89. The molecule has 0 saturated heterocycles. The number of nitrogens with zero attached hydrogens (tertiary/aromatic N) is 2. The molecule has 1 aliphatic rings. The van der Waals surface area contributed by atoms with Crippen molar-refractivity contribution in [3.63, 3.8) is 0 Å². The van der Waals surface area contributed by atoms with Gasteiger partial charge in [-0.05, 0) is 56.4 Å². The van der Waals surface area contributed by atoms with E-state index in [0.717, 1.165) is 17.5 Å². The highest BCUT2D eigenvalue weighted by Crippen LogP contribution is 2.38. The van der Waals surface area contributed by atoms with Crippen molar-refractivity contribution in [2.24, 2.45) is 5.73 Å². The van der Waals surface area contributed by atoms with Gasteiger partial charge in [0.05, 0.1) is 17.4 Å². The van der Waals surface area contributed by atoms with E-state index >= 15 is 0 Å². The Hall–Kier alpha value is -1.88. The van der Waals surface area contributed by atoms with Gasteiger partial charge in [-0.25, -0.2) is 4.98 Å². The van der Waals surface area contributed by atoms with Crippen LogP contribution in [0.25, 0.3) is 11.0 Å². The number of aryl methyl sites for hydroxylation is 2. The highest BCUT2D eigenvalue weighted by molar-refractivity contribution is 5.80. The van der Waals surface area contributed by atoms with Crippen LogP contribution in [0.3, 0.4) is 0 Å². The van der Waals surface area contributed by atoms with Gasteiger partial charge in [0.15, 0.2) is 0 Å². The molecule has 1 fully saturated rings. The number of aromatic nitrogens is 2. The Balaban J connectivity index is 2.00. The third-order valence-corrected chi connectivity index (χ3v) is 4.53. The van der Waals surface area contributed by atoms with Crippen molar-refractivity contribution in [1.82, 2.24) is 9.55 Å². The zero-order valence-corrected chi connectivity index (χ0v) is 11.8. The summed E-state index contributed by atoms with van der Waals surface area (Å²) in [7, 11) is 0. The number of hydrogen-bond acceptors (Lipinski definition) is 3. The maximum Gasteiger partial charge on any atom is 0.323 e. The monoisotopic (exact) mass is 273 g/mol. The maximum absolute atomic E-state index is 11.3. The van der Waals surface area contributed by atoms with Crippen LogP contribution in [-0.2, 0) is 4.79 Å². The molecule has 5 nitrogen and oxygen atoms in total. The molecule has 2 aromatic rings. The first-order valence-electron chi connectivity index (χ1n) is 6.87. The molecular weight excluding hydrogens is 254 g/mol. The Bertz CT molecular complexity index is 692. The summed E-state index contributed by atoms with van der Waals surface area (Å²) < 4.78 is 2.08. The molecule has 1 aromatic heterocycles. The molecule has 5 heteroatoms. The second kappa shape index (κ2) is 4.31. The number of carbonyl (C=O) groups is 1. The molecule has 3 N–H and O–H groups in total. The molecule has 3 rings (SSSR count). The van der Waals surface area contributed by atoms with Crippen molar-refractivity contribution >= 4 is 17.0 Å². The average Bonchev–Trinajstić information content (AvgIpc) is 2.95. The molecule has 20 heavy (non-hydrogen) atoms. The van der Waals surface area contributed by atoms with Gasteiger partial charge < -0.3 is 15.4 Å². The van der Waals surface area contributed by atoms with Gasteiger partial charge in [-0.1, -0.05) is 0 Å². The Morgan fingerprint density at radius 2 is 2.15 bits per heavy atom. The SMILES string of the molecule is Cc1cc2ncn(C3CCC(N)(C(=O)O)C3)c2cc1C. The molecule has 2 atom stereocenters. The van der Waals surface area contributed by atoms with E-state index in [-0.39, 0.29) is 6.04 Å². The van der Waals surface area contributed by atoms with Crippen LogP contribution in [0.1, 0.15) is 36.4 Å². The van der Waals surface area contributed by atoms with E-state index in [1.165, 1.54) is 11.1 Å². The van der Waals surface area contributed by atoms with Gasteiger partial charge in [-0.3, -0.25) is 4.79 Å². The van der Waals surface area contributed by atoms with Gasteiger partial charge in [-0.2, -0.15) is 0 Å². The summed E-state index contributed by atoms with van der Waals surface area (Å²) in [5.74, 6) is -0.906. The number of rotatable bonds is 2. The van der Waals surface area contributed by atoms with Crippen molar-refractivity contribution in [1.29, 1.82) is 0 Å². The topological polar surface area (TPSA) is 81.1 Å².